The van der Waals surface area contributed by atoms with Crippen LogP contribution < -0.4 is 4.74 Å². The van der Waals surface area contributed by atoms with Gasteiger partial charge in [-0.05, 0) is 6.92 Å². The van der Waals surface area contributed by atoms with E-state index in [1.807, 2.05) is 0 Å². The van der Waals surface area contributed by atoms with Gasteiger partial charge in [0.25, 0.3) is 5.88 Å². The van der Waals surface area contributed by atoms with Crippen LogP contribution in [0.2, 0.25) is 0 Å². The van der Waals surface area contributed by atoms with Crippen LogP contribution in [0.4, 0.5) is 4.39 Å². The first-order chi connectivity index (χ1) is 6.07. The zero-order valence-corrected chi connectivity index (χ0v) is 7.17. The third kappa shape index (κ3) is 1.58. The lowest BCUT2D eigenvalue weighted by atomic mass is 10.1. The van der Waals surface area contributed by atoms with Gasteiger partial charge in [-0.15, -0.1) is 0 Å². The number of ketones is 1. The molecule has 0 saturated carbocycles. The molecule has 0 saturated heterocycles. The second-order valence-electron chi connectivity index (χ2n) is 2.40. The number of pyridine rings is 1. The molecular weight excluding hydrogens is 177 g/mol. The minimum Gasteiger partial charge on any atom is -0.505 e. The van der Waals surface area contributed by atoms with Crippen LogP contribution in [0.1, 0.15) is 17.3 Å². The minimum absolute atomic E-state index is 0.303. The minimum atomic E-state index is -0.935. The number of carbonyl (C=O) groups is 1. The van der Waals surface area contributed by atoms with Crippen molar-refractivity contribution >= 4 is 5.78 Å². The summed E-state index contributed by atoms with van der Waals surface area (Å²) in [5.74, 6) is -2.29. The molecule has 5 heteroatoms. The topological polar surface area (TPSA) is 59.4 Å². The van der Waals surface area contributed by atoms with E-state index in [1.165, 1.54) is 7.11 Å². The number of halogens is 1. The van der Waals surface area contributed by atoms with Crippen molar-refractivity contribution in [3.63, 3.8) is 0 Å². The Bertz CT molecular complexity index is 351. The fourth-order valence-corrected chi connectivity index (χ4v) is 0.938. The van der Waals surface area contributed by atoms with Crippen molar-refractivity contribution in [3.8, 4) is 11.6 Å². The zero-order valence-electron chi connectivity index (χ0n) is 7.17. The SMILES string of the molecule is COc1ncc(O)c(C(C)=O)c1F. The number of hydrogen-bond acceptors (Lipinski definition) is 4. The van der Waals surface area contributed by atoms with Crippen LogP contribution in [0.3, 0.4) is 0 Å². The Hall–Kier alpha value is -1.65. The molecule has 1 aromatic heterocycles. The number of nitrogens with zero attached hydrogens (tertiary/aromatic N) is 1. The van der Waals surface area contributed by atoms with E-state index in [9.17, 15) is 9.18 Å². The van der Waals surface area contributed by atoms with E-state index in [1.54, 1.807) is 0 Å². The van der Waals surface area contributed by atoms with Gasteiger partial charge >= 0.3 is 0 Å². The monoisotopic (exact) mass is 185 g/mol. The largest absolute Gasteiger partial charge is 0.505 e. The smallest absolute Gasteiger partial charge is 0.251 e. The van der Waals surface area contributed by atoms with Crippen molar-refractivity contribution in [1.29, 1.82) is 0 Å². The number of hydrogen-bond donors (Lipinski definition) is 1. The fourth-order valence-electron chi connectivity index (χ4n) is 0.938. The Morgan fingerprint density at radius 2 is 2.31 bits per heavy atom. The molecule has 13 heavy (non-hydrogen) atoms. The van der Waals surface area contributed by atoms with Crippen molar-refractivity contribution in [2.75, 3.05) is 7.11 Å². The number of rotatable bonds is 2. The summed E-state index contributed by atoms with van der Waals surface area (Å²) in [4.78, 5) is 14.3. The zero-order chi connectivity index (χ0) is 10.0. The predicted octanol–water partition coefficient (Wildman–Crippen LogP) is 1.14. The van der Waals surface area contributed by atoms with Gasteiger partial charge in [-0.3, -0.25) is 4.79 Å². The highest BCUT2D eigenvalue weighted by molar-refractivity contribution is 5.97. The first-order valence-corrected chi connectivity index (χ1v) is 3.50. The molecule has 0 spiro atoms. The van der Waals surface area contributed by atoms with Crippen LogP contribution in [0.5, 0.6) is 11.6 Å². The molecule has 0 aliphatic carbocycles. The molecule has 1 aromatic rings. The molecule has 0 aliphatic rings. The van der Waals surface area contributed by atoms with Crippen molar-refractivity contribution < 1.29 is 19.0 Å². The summed E-state index contributed by atoms with van der Waals surface area (Å²) in [5, 5.41) is 9.10. The van der Waals surface area contributed by atoms with E-state index in [-0.39, 0.29) is 5.88 Å². The highest BCUT2D eigenvalue weighted by Crippen LogP contribution is 2.25. The predicted molar refractivity (Wildman–Crippen MR) is 42.4 cm³/mol. The molecule has 1 heterocycles. The molecule has 0 unspecified atom stereocenters. The second-order valence-corrected chi connectivity index (χ2v) is 2.40. The summed E-state index contributed by atoms with van der Waals surface area (Å²) in [7, 11) is 1.23. The van der Waals surface area contributed by atoms with Gasteiger partial charge in [0, 0.05) is 0 Å². The van der Waals surface area contributed by atoms with E-state index >= 15 is 0 Å². The summed E-state index contributed by atoms with van der Waals surface area (Å²) in [6.07, 6.45) is 0.971. The molecule has 0 radical (unpaired) electrons. The third-order valence-electron chi connectivity index (χ3n) is 1.51. The van der Waals surface area contributed by atoms with Gasteiger partial charge in [-0.2, -0.15) is 0 Å². The molecule has 0 fully saturated rings. The number of carbonyl (C=O) groups excluding carboxylic acids is 1. The van der Waals surface area contributed by atoms with Gasteiger partial charge in [0.2, 0.25) is 0 Å². The number of aromatic nitrogens is 1. The first-order valence-electron chi connectivity index (χ1n) is 3.50. The summed E-state index contributed by atoms with van der Waals surface area (Å²) in [6.45, 7) is 1.15. The van der Waals surface area contributed by atoms with E-state index < -0.39 is 22.9 Å². The third-order valence-corrected chi connectivity index (χ3v) is 1.51. The average molecular weight is 185 g/mol. The van der Waals surface area contributed by atoms with E-state index in [0.29, 0.717) is 0 Å². The second kappa shape index (κ2) is 3.38. The van der Waals surface area contributed by atoms with Gasteiger partial charge < -0.3 is 9.84 Å². The normalized spacial score (nSPS) is 9.77. The molecule has 0 atom stereocenters. The highest BCUT2D eigenvalue weighted by Gasteiger charge is 2.18. The molecule has 1 N–H and O–H groups in total. The molecule has 70 valence electrons. The molecular formula is C8H8FNO3. The highest BCUT2D eigenvalue weighted by atomic mass is 19.1. The van der Waals surface area contributed by atoms with Crippen LogP contribution in [0.15, 0.2) is 6.20 Å². The van der Waals surface area contributed by atoms with Crippen LogP contribution in [0.25, 0.3) is 0 Å². The van der Waals surface area contributed by atoms with Crippen molar-refractivity contribution in [2.45, 2.75) is 6.92 Å². The van der Waals surface area contributed by atoms with Gasteiger partial charge in [-0.1, -0.05) is 0 Å². The van der Waals surface area contributed by atoms with Gasteiger partial charge in [0.15, 0.2) is 11.6 Å². The van der Waals surface area contributed by atoms with Crippen LogP contribution in [-0.2, 0) is 0 Å². The maximum atomic E-state index is 13.2. The maximum Gasteiger partial charge on any atom is 0.251 e. The lowest BCUT2D eigenvalue weighted by Crippen LogP contribution is -2.02. The first kappa shape index (κ1) is 9.44. The van der Waals surface area contributed by atoms with E-state index in [2.05, 4.69) is 9.72 Å². The standard InChI is InChI=1S/C8H8FNO3/c1-4(11)6-5(12)3-10-8(13-2)7(6)9/h3,12H,1-2H3. The van der Waals surface area contributed by atoms with Crippen LogP contribution >= 0.6 is 0 Å². The maximum absolute atomic E-state index is 13.2. The Balaban J connectivity index is 3.38. The molecule has 1 rings (SSSR count). The molecule has 0 aliphatic heterocycles. The van der Waals surface area contributed by atoms with Gasteiger partial charge in [-0.25, -0.2) is 9.37 Å². The number of Topliss-reactive ketones (excluding diaryl/α,β-unsaturated/α-hetero) is 1. The quantitative estimate of drug-likeness (QED) is 0.702. The number of methoxy groups -OCH3 is 1. The van der Waals surface area contributed by atoms with Crippen LogP contribution in [-0.4, -0.2) is 23.0 Å². The summed E-state index contributed by atoms with van der Waals surface area (Å²) in [5.41, 5.74) is -0.396. The summed E-state index contributed by atoms with van der Waals surface area (Å²) < 4.78 is 17.8. The lowest BCUT2D eigenvalue weighted by Gasteiger charge is -2.05. The molecule has 4 nitrogen and oxygen atoms in total. The fraction of sp³-hybridized carbons (Fsp3) is 0.250. The summed E-state index contributed by atoms with van der Waals surface area (Å²) in [6, 6.07) is 0. The Labute approximate surface area is 74.0 Å². The average Bonchev–Trinajstić information content (AvgIpc) is 2.04. The van der Waals surface area contributed by atoms with Crippen molar-refractivity contribution in [3.05, 3.63) is 17.6 Å². The van der Waals surface area contributed by atoms with E-state index in [4.69, 9.17) is 5.11 Å². The van der Waals surface area contributed by atoms with Gasteiger partial charge in [0.05, 0.1) is 13.3 Å². The van der Waals surface area contributed by atoms with E-state index in [0.717, 1.165) is 13.1 Å². The van der Waals surface area contributed by atoms with Gasteiger partial charge in [0.1, 0.15) is 11.3 Å². The Kier molecular flexibility index (Phi) is 2.46. The summed E-state index contributed by atoms with van der Waals surface area (Å²) >= 11 is 0. The Morgan fingerprint density at radius 1 is 1.69 bits per heavy atom. The lowest BCUT2D eigenvalue weighted by molar-refractivity contribution is 0.101. The molecule has 0 amide bonds. The Morgan fingerprint density at radius 3 is 2.77 bits per heavy atom. The van der Waals surface area contributed by atoms with Crippen molar-refractivity contribution in [2.24, 2.45) is 0 Å². The van der Waals surface area contributed by atoms with Crippen molar-refractivity contribution in [1.82, 2.24) is 4.98 Å². The van der Waals surface area contributed by atoms with Crippen LogP contribution in [0, 0.1) is 5.82 Å². The molecule has 0 aromatic carbocycles. The molecule has 0 bridgehead atoms. The number of ether oxygens (including phenoxy) is 1. The number of aromatic hydroxyl groups is 1.